The maximum Gasteiger partial charge on any atom is 0.338 e. The number of methoxy groups -OCH3 is 1. The van der Waals surface area contributed by atoms with E-state index >= 15 is 0 Å². The highest BCUT2D eigenvalue weighted by molar-refractivity contribution is 5.93. The smallest absolute Gasteiger partial charge is 0.338 e. The van der Waals surface area contributed by atoms with Gasteiger partial charge in [-0.2, -0.15) is 0 Å². The number of hydrogen-bond donors (Lipinski definition) is 1. The Hall–Kier alpha value is -1.88. The lowest BCUT2D eigenvalue weighted by molar-refractivity contribution is -0.118. The molecule has 1 amide bonds. The molecule has 0 spiro atoms. The van der Waals surface area contributed by atoms with Gasteiger partial charge in [0, 0.05) is 18.7 Å². The predicted octanol–water partition coefficient (Wildman–Crippen LogP) is 2.08. The van der Waals surface area contributed by atoms with Crippen LogP contribution < -0.4 is 5.32 Å². The first kappa shape index (κ1) is 15.2. The average Bonchev–Trinajstić information content (AvgIpc) is 2.39. The van der Waals surface area contributed by atoms with Crippen molar-refractivity contribution in [3.05, 3.63) is 29.8 Å². The second-order valence-electron chi connectivity index (χ2n) is 4.35. The zero-order valence-corrected chi connectivity index (χ0v) is 11.4. The van der Waals surface area contributed by atoms with E-state index in [4.69, 9.17) is 9.47 Å². The van der Waals surface area contributed by atoms with E-state index in [1.165, 1.54) is 0 Å². The van der Waals surface area contributed by atoms with Crippen molar-refractivity contribution in [1.82, 2.24) is 0 Å². The summed E-state index contributed by atoms with van der Waals surface area (Å²) in [5, 5.41) is 2.75. The Morgan fingerprint density at radius 3 is 2.32 bits per heavy atom. The predicted molar refractivity (Wildman–Crippen MR) is 72.1 cm³/mol. The minimum atomic E-state index is -0.404. The maximum absolute atomic E-state index is 11.6. The van der Waals surface area contributed by atoms with Gasteiger partial charge < -0.3 is 14.8 Å². The summed E-state index contributed by atoms with van der Waals surface area (Å²) >= 11 is 0. The largest absolute Gasteiger partial charge is 0.460 e. The summed E-state index contributed by atoms with van der Waals surface area (Å²) in [5.41, 5.74) is 1.10. The second-order valence-corrected chi connectivity index (χ2v) is 4.35. The minimum Gasteiger partial charge on any atom is -0.460 e. The Morgan fingerprint density at radius 2 is 1.79 bits per heavy atom. The Bertz CT molecular complexity index is 426. The molecular weight excluding hydrogens is 246 g/mol. The number of amides is 1. The van der Waals surface area contributed by atoms with Crippen LogP contribution in [0.1, 0.15) is 24.2 Å². The minimum absolute atomic E-state index is 0.0598. The van der Waals surface area contributed by atoms with Crippen molar-refractivity contribution >= 4 is 17.6 Å². The van der Waals surface area contributed by atoms with Crippen LogP contribution in [0.15, 0.2) is 24.3 Å². The fourth-order valence-corrected chi connectivity index (χ4v) is 1.28. The van der Waals surface area contributed by atoms with Crippen molar-refractivity contribution in [3.63, 3.8) is 0 Å². The first-order chi connectivity index (χ1) is 9.04. The van der Waals surface area contributed by atoms with Gasteiger partial charge in [0.2, 0.25) is 5.91 Å². The average molecular weight is 265 g/mol. The van der Waals surface area contributed by atoms with Crippen molar-refractivity contribution in [2.45, 2.75) is 13.8 Å². The quantitative estimate of drug-likeness (QED) is 0.632. The van der Waals surface area contributed by atoms with Crippen LogP contribution >= 0.6 is 0 Å². The van der Waals surface area contributed by atoms with E-state index in [-0.39, 0.29) is 18.4 Å². The summed E-state index contributed by atoms with van der Waals surface area (Å²) in [7, 11) is 1.54. The highest BCUT2D eigenvalue weighted by atomic mass is 16.6. The highest BCUT2D eigenvalue weighted by Crippen LogP contribution is 2.11. The number of esters is 1. The third kappa shape index (κ3) is 5.09. The molecule has 0 unspecified atom stereocenters. The molecular formula is C14H19NO4. The molecule has 0 aliphatic heterocycles. The third-order valence-electron chi connectivity index (χ3n) is 2.43. The van der Waals surface area contributed by atoms with Crippen molar-refractivity contribution in [1.29, 1.82) is 0 Å². The lowest BCUT2D eigenvalue weighted by Gasteiger charge is -2.08. The van der Waals surface area contributed by atoms with Gasteiger partial charge in [-0.05, 0) is 24.3 Å². The first-order valence-electron chi connectivity index (χ1n) is 6.11. The summed E-state index contributed by atoms with van der Waals surface area (Å²) in [6, 6.07) is 6.58. The molecule has 0 aliphatic carbocycles. The molecule has 0 radical (unpaired) electrons. The van der Waals surface area contributed by atoms with Crippen molar-refractivity contribution in [2.24, 2.45) is 5.92 Å². The molecule has 1 aromatic carbocycles. The van der Waals surface area contributed by atoms with Crippen LogP contribution in [0.25, 0.3) is 0 Å². The SMILES string of the molecule is COCCOC(=O)c1ccc(NC(=O)C(C)C)cc1. The Labute approximate surface area is 112 Å². The second kappa shape index (κ2) is 7.53. The summed E-state index contributed by atoms with van der Waals surface area (Å²) in [6.07, 6.45) is 0. The molecule has 0 aromatic heterocycles. The normalized spacial score (nSPS) is 10.3. The third-order valence-corrected chi connectivity index (χ3v) is 2.43. The number of ether oxygens (including phenoxy) is 2. The number of nitrogens with one attached hydrogen (secondary N) is 1. The topological polar surface area (TPSA) is 64.6 Å². The number of anilines is 1. The maximum atomic E-state index is 11.6. The van der Waals surface area contributed by atoms with E-state index in [0.29, 0.717) is 17.9 Å². The molecule has 0 saturated carbocycles. The van der Waals surface area contributed by atoms with E-state index in [0.717, 1.165) is 0 Å². The molecule has 0 saturated heterocycles. The molecule has 0 atom stereocenters. The van der Waals surface area contributed by atoms with Gasteiger partial charge in [0.15, 0.2) is 0 Å². The summed E-state index contributed by atoms with van der Waals surface area (Å²) in [4.78, 5) is 23.1. The highest BCUT2D eigenvalue weighted by Gasteiger charge is 2.09. The van der Waals surface area contributed by atoms with Gasteiger partial charge in [-0.3, -0.25) is 4.79 Å². The molecule has 5 nitrogen and oxygen atoms in total. The molecule has 0 aliphatic rings. The zero-order chi connectivity index (χ0) is 14.3. The first-order valence-corrected chi connectivity index (χ1v) is 6.11. The van der Waals surface area contributed by atoms with Crippen molar-refractivity contribution < 1.29 is 19.1 Å². The van der Waals surface area contributed by atoms with E-state index in [1.54, 1.807) is 31.4 Å². The van der Waals surface area contributed by atoms with Crippen LogP contribution in [0.2, 0.25) is 0 Å². The van der Waals surface area contributed by atoms with Gasteiger partial charge in [-0.25, -0.2) is 4.79 Å². The summed E-state index contributed by atoms with van der Waals surface area (Å²) < 4.78 is 9.77. The molecule has 5 heteroatoms. The Morgan fingerprint density at radius 1 is 1.16 bits per heavy atom. The van der Waals surface area contributed by atoms with Gasteiger partial charge in [-0.15, -0.1) is 0 Å². The molecule has 19 heavy (non-hydrogen) atoms. The van der Waals surface area contributed by atoms with Gasteiger partial charge in [0.1, 0.15) is 6.61 Å². The van der Waals surface area contributed by atoms with Gasteiger partial charge >= 0.3 is 5.97 Å². The Balaban J connectivity index is 2.56. The van der Waals surface area contributed by atoms with Crippen molar-refractivity contribution in [3.8, 4) is 0 Å². The van der Waals surface area contributed by atoms with E-state index in [1.807, 2.05) is 13.8 Å². The van der Waals surface area contributed by atoms with Crippen LogP contribution in [0.5, 0.6) is 0 Å². The lowest BCUT2D eigenvalue weighted by Crippen LogP contribution is -2.17. The molecule has 1 rings (SSSR count). The number of carbonyl (C=O) groups is 2. The monoisotopic (exact) mass is 265 g/mol. The molecule has 1 N–H and O–H groups in total. The van der Waals surface area contributed by atoms with Crippen LogP contribution in [0.4, 0.5) is 5.69 Å². The van der Waals surface area contributed by atoms with Crippen LogP contribution in [-0.2, 0) is 14.3 Å². The fraction of sp³-hybridized carbons (Fsp3) is 0.429. The number of hydrogen-bond acceptors (Lipinski definition) is 4. The summed E-state index contributed by atoms with van der Waals surface area (Å²) in [6.45, 7) is 4.23. The molecule has 0 bridgehead atoms. The van der Waals surface area contributed by atoms with Gasteiger partial charge in [0.25, 0.3) is 0 Å². The number of rotatable bonds is 6. The Kier molecular flexibility index (Phi) is 6.02. The van der Waals surface area contributed by atoms with Gasteiger partial charge in [-0.1, -0.05) is 13.8 Å². The number of carbonyl (C=O) groups excluding carboxylic acids is 2. The zero-order valence-electron chi connectivity index (χ0n) is 11.4. The lowest BCUT2D eigenvalue weighted by atomic mass is 10.2. The van der Waals surface area contributed by atoms with E-state index in [9.17, 15) is 9.59 Å². The van der Waals surface area contributed by atoms with Crippen LogP contribution in [0, 0.1) is 5.92 Å². The molecule has 1 aromatic rings. The van der Waals surface area contributed by atoms with Gasteiger partial charge in [0.05, 0.1) is 12.2 Å². The number of benzene rings is 1. The summed E-state index contributed by atoms with van der Waals surface area (Å²) in [5.74, 6) is -0.548. The van der Waals surface area contributed by atoms with E-state index in [2.05, 4.69) is 5.32 Å². The molecule has 104 valence electrons. The molecule has 0 fully saturated rings. The van der Waals surface area contributed by atoms with Crippen molar-refractivity contribution in [2.75, 3.05) is 25.6 Å². The standard InChI is InChI=1S/C14H19NO4/c1-10(2)13(16)15-12-6-4-11(5-7-12)14(17)19-9-8-18-3/h4-7,10H,8-9H2,1-3H3,(H,15,16). The molecule has 0 heterocycles. The van der Waals surface area contributed by atoms with Crippen LogP contribution in [-0.4, -0.2) is 32.2 Å². The fourth-order valence-electron chi connectivity index (χ4n) is 1.28. The van der Waals surface area contributed by atoms with Crippen LogP contribution in [0.3, 0.4) is 0 Å². The van der Waals surface area contributed by atoms with E-state index < -0.39 is 5.97 Å².